The number of hydrogen-bond acceptors (Lipinski definition) is 4. The Bertz CT molecular complexity index is 653. The quantitative estimate of drug-likeness (QED) is 0.672. The monoisotopic (exact) mass is 255 g/mol. The van der Waals surface area contributed by atoms with Crippen LogP contribution in [0.1, 0.15) is 23.0 Å². The van der Waals surface area contributed by atoms with Gasteiger partial charge in [-0.1, -0.05) is 0 Å². The Morgan fingerprint density at radius 3 is 2.95 bits per heavy atom. The second-order valence-electron chi connectivity index (χ2n) is 3.87. The predicted octanol–water partition coefficient (Wildman–Crippen LogP) is 2.11. The van der Waals surface area contributed by atoms with Crippen molar-refractivity contribution in [2.24, 2.45) is 0 Å². The molecule has 0 saturated carbocycles. The van der Waals surface area contributed by atoms with Gasteiger partial charge in [-0.3, -0.25) is 0 Å². The molecule has 0 aliphatic carbocycles. The van der Waals surface area contributed by atoms with Crippen LogP contribution < -0.4 is 5.73 Å². The van der Waals surface area contributed by atoms with Gasteiger partial charge in [0.25, 0.3) is 0 Å². The molecule has 5 heteroatoms. The molecule has 0 spiro atoms. The Labute approximate surface area is 110 Å². The SMILES string of the molecule is CCOC(=O)c1cc(N)ccc1-n1cccc1C#N. The zero-order valence-electron chi connectivity index (χ0n) is 10.5. The minimum Gasteiger partial charge on any atom is -0.462 e. The fourth-order valence-corrected chi connectivity index (χ4v) is 1.82. The topological polar surface area (TPSA) is 81.0 Å². The van der Waals surface area contributed by atoms with E-state index in [0.717, 1.165) is 0 Å². The number of nitrogen functional groups attached to an aromatic ring is 1. The van der Waals surface area contributed by atoms with E-state index in [1.807, 2.05) is 0 Å². The number of hydrogen-bond donors (Lipinski definition) is 1. The number of ether oxygens (including phenoxy) is 1. The molecule has 19 heavy (non-hydrogen) atoms. The van der Waals surface area contributed by atoms with Crippen LogP contribution in [-0.4, -0.2) is 17.1 Å². The molecule has 2 aromatic rings. The summed E-state index contributed by atoms with van der Waals surface area (Å²) in [7, 11) is 0. The van der Waals surface area contributed by atoms with Crippen molar-refractivity contribution >= 4 is 11.7 Å². The maximum atomic E-state index is 11.9. The molecule has 1 aromatic heterocycles. The van der Waals surface area contributed by atoms with Crippen LogP contribution in [0.15, 0.2) is 36.5 Å². The molecule has 2 rings (SSSR count). The summed E-state index contributed by atoms with van der Waals surface area (Å²) in [4.78, 5) is 11.9. The third-order valence-corrected chi connectivity index (χ3v) is 2.64. The summed E-state index contributed by atoms with van der Waals surface area (Å²) in [5.74, 6) is -0.456. The Morgan fingerprint density at radius 2 is 2.26 bits per heavy atom. The molecule has 0 bridgehead atoms. The molecule has 1 heterocycles. The van der Waals surface area contributed by atoms with Crippen LogP contribution in [0.3, 0.4) is 0 Å². The van der Waals surface area contributed by atoms with Crippen LogP contribution in [0.2, 0.25) is 0 Å². The lowest BCUT2D eigenvalue weighted by Crippen LogP contribution is -2.10. The Kier molecular flexibility index (Phi) is 3.53. The molecule has 2 N–H and O–H groups in total. The third kappa shape index (κ3) is 2.43. The summed E-state index contributed by atoms with van der Waals surface area (Å²) in [5.41, 5.74) is 7.53. The lowest BCUT2D eigenvalue weighted by molar-refractivity contribution is 0.0526. The summed E-state index contributed by atoms with van der Waals surface area (Å²) >= 11 is 0. The van der Waals surface area contributed by atoms with Gasteiger partial charge in [-0.05, 0) is 37.3 Å². The number of rotatable bonds is 3. The van der Waals surface area contributed by atoms with E-state index in [9.17, 15) is 4.79 Å². The molecular formula is C14H13N3O2. The molecule has 0 aliphatic rings. The lowest BCUT2D eigenvalue weighted by Gasteiger charge is -2.11. The van der Waals surface area contributed by atoms with E-state index in [2.05, 4.69) is 6.07 Å². The molecule has 1 aromatic carbocycles. The summed E-state index contributed by atoms with van der Waals surface area (Å²) in [5, 5.41) is 9.04. The van der Waals surface area contributed by atoms with Crippen molar-refractivity contribution in [1.29, 1.82) is 5.26 Å². The van der Waals surface area contributed by atoms with E-state index in [1.54, 1.807) is 48.0 Å². The number of benzene rings is 1. The van der Waals surface area contributed by atoms with Crippen molar-refractivity contribution in [2.45, 2.75) is 6.92 Å². The predicted molar refractivity (Wildman–Crippen MR) is 70.9 cm³/mol. The smallest absolute Gasteiger partial charge is 0.340 e. The van der Waals surface area contributed by atoms with Gasteiger partial charge < -0.3 is 15.0 Å². The first-order valence-corrected chi connectivity index (χ1v) is 5.82. The van der Waals surface area contributed by atoms with Crippen molar-refractivity contribution in [3.63, 3.8) is 0 Å². The van der Waals surface area contributed by atoms with Crippen molar-refractivity contribution in [1.82, 2.24) is 4.57 Å². The first-order chi connectivity index (χ1) is 9.17. The summed E-state index contributed by atoms with van der Waals surface area (Å²) in [6.07, 6.45) is 1.72. The second kappa shape index (κ2) is 5.27. The largest absolute Gasteiger partial charge is 0.462 e. The summed E-state index contributed by atoms with van der Waals surface area (Å²) in [6.45, 7) is 2.02. The minimum atomic E-state index is -0.456. The average Bonchev–Trinajstić information content (AvgIpc) is 2.87. The van der Waals surface area contributed by atoms with E-state index < -0.39 is 5.97 Å². The van der Waals surface area contributed by atoms with Crippen LogP contribution in [0.5, 0.6) is 0 Å². The maximum Gasteiger partial charge on any atom is 0.340 e. The first-order valence-electron chi connectivity index (χ1n) is 5.82. The van der Waals surface area contributed by atoms with E-state index in [-0.39, 0.29) is 6.61 Å². The highest BCUT2D eigenvalue weighted by Crippen LogP contribution is 2.21. The number of anilines is 1. The van der Waals surface area contributed by atoms with Gasteiger partial charge >= 0.3 is 5.97 Å². The molecule has 0 aliphatic heterocycles. The minimum absolute atomic E-state index is 0.282. The molecule has 0 saturated heterocycles. The maximum absolute atomic E-state index is 11.9. The molecule has 96 valence electrons. The van der Waals surface area contributed by atoms with Gasteiger partial charge in [0.2, 0.25) is 0 Å². The lowest BCUT2D eigenvalue weighted by atomic mass is 10.1. The zero-order chi connectivity index (χ0) is 13.8. The van der Waals surface area contributed by atoms with Crippen molar-refractivity contribution in [3.05, 3.63) is 47.8 Å². The normalized spacial score (nSPS) is 9.89. The third-order valence-electron chi connectivity index (χ3n) is 2.64. The fourth-order valence-electron chi connectivity index (χ4n) is 1.82. The number of aromatic nitrogens is 1. The van der Waals surface area contributed by atoms with Crippen molar-refractivity contribution in [2.75, 3.05) is 12.3 Å². The van der Waals surface area contributed by atoms with Crippen LogP contribution in [-0.2, 0) is 4.74 Å². The first kappa shape index (κ1) is 12.7. The Balaban J connectivity index is 2.58. The zero-order valence-corrected chi connectivity index (χ0v) is 10.5. The fraction of sp³-hybridized carbons (Fsp3) is 0.143. The van der Waals surface area contributed by atoms with Gasteiger partial charge in [-0.25, -0.2) is 4.79 Å². The van der Waals surface area contributed by atoms with Gasteiger partial charge in [-0.15, -0.1) is 0 Å². The highest BCUT2D eigenvalue weighted by Gasteiger charge is 2.15. The second-order valence-corrected chi connectivity index (χ2v) is 3.87. The van der Waals surface area contributed by atoms with Crippen LogP contribution in [0, 0.1) is 11.3 Å². The molecule has 0 unspecified atom stereocenters. The number of nitrogens with zero attached hydrogens (tertiary/aromatic N) is 2. The van der Waals surface area contributed by atoms with Crippen LogP contribution >= 0.6 is 0 Å². The molecule has 0 radical (unpaired) electrons. The van der Waals surface area contributed by atoms with Crippen molar-refractivity contribution < 1.29 is 9.53 Å². The van der Waals surface area contributed by atoms with Gasteiger partial charge in [0.1, 0.15) is 11.8 Å². The van der Waals surface area contributed by atoms with Crippen molar-refractivity contribution in [3.8, 4) is 11.8 Å². The Hall–Kier alpha value is -2.74. The molecule has 5 nitrogen and oxygen atoms in total. The van der Waals surface area contributed by atoms with E-state index in [0.29, 0.717) is 22.6 Å². The number of esters is 1. The van der Waals surface area contributed by atoms with Gasteiger partial charge in [0.05, 0.1) is 17.9 Å². The number of nitriles is 1. The number of nitrogens with two attached hydrogens (primary N) is 1. The standard InChI is InChI=1S/C14H13N3O2/c1-2-19-14(18)12-8-10(16)5-6-13(12)17-7-3-4-11(17)9-15/h3-8H,2,16H2,1H3. The number of carbonyl (C=O) groups excluding carboxylic acids is 1. The Morgan fingerprint density at radius 1 is 1.47 bits per heavy atom. The summed E-state index contributed by atoms with van der Waals surface area (Å²) < 4.78 is 6.64. The highest BCUT2D eigenvalue weighted by atomic mass is 16.5. The molecule has 0 atom stereocenters. The van der Waals surface area contributed by atoms with Crippen LogP contribution in [0.25, 0.3) is 5.69 Å². The summed E-state index contributed by atoms with van der Waals surface area (Å²) in [6, 6.07) is 10.4. The highest BCUT2D eigenvalue weighted by molar-refractivity contribution is 5.94. The van der Waals surface area contributed by atoms with Gasteiger partial charge in [-0.2, -0.15) is 5.26 Å². The number of carbonyl (C=O) groups is 1. The molecule has 0 fully saturated rings. The van der Waals surface area contributed by atoms with Gasteiger partial charge in [0.15, 0.2) is 0 Å². The molecule has 0 amide bonds. The van der Waals surface area contributed by atoms with Gasteiger partial charge in [0, 0.05) is 11.9 Å². The molecular weight excluding hydrogens is 242 g/mol. The van der Waals surface area contributed by atoms with Crippen LogP contribution in [0.4, 0.5) is 5.69 Å². The van der Waals surface area contributed by atoms with E-state index in [4.69, 9.17) is 15.7 Å². The van der Waals surface area contributed by atoms with E-state index in [1.165, 1.54) is 0 Å². The van der Waals surface area contributed by atoms with E-state index >= 15 is 0 Å². The average molecular weight is 255 g/mol.